The molecule has 3 nitrogen and oxygen atoms in total. The molecule has 0 radical (unpaired) electrons. The van der Waals surface area contributed by atoms with Crippen LogP contribution < -0.4 is 0 Å². The van der Waals surface area contributed by atoms with E-state index in [1.165, 1.54) is 87.7 Å². The predicted octanol–water partition coefficient (Wildman–Crippen LogP) is 16.0. The number of aromatic nitrogens is 3. The maximum absolute atomic E-state index is 2.46. The summed E-state index contributed by atoms with van der Waals surface area (Å²) in [6.45, 7) is 0. The molecule has 0 atom stereocenters. The fourth-order valence-corrected chi connectivity index (χ4v) is 10.2. The Morgan fingerprint density at radius 2 is 0.540 bits per heavy atom. The minimum atomic E-state index is 1.12. The topological polar surface area (TPSA) is 14.8 Å². The molecule has 13 aromatic rings. The molecule has 0 saturated carbocycles. The SMILES string of the molecule is c1ccc(-c2cc(-c3cccc(-n4c5ccccc5c5cc(-c6ccccc6)ccc54)c3)cc(-n3c4ccccc4c4cc(-n5c6ccccc6c6ccccc65)ccc43)c2)cc1. The van der Waals surface area contributed by atoms with Crippen LogP contribution in [0.4, 0.5) is 0 Å². The number of hydrogen-bond acceptors (Lipinski definition) is 0. The molecular weight excluding hydrogens is 763 g/mol. The summed E-state index contributed by atoms with van der Waals surface area (Å²) in [7, 11) is 0. The highest BCUT2D eigenvalue weighted by Crippen LogP contribution is 2.40. The smallest absolute Gasteiger partial charge is 0.0542 e. The van der Waals surface area contributed by atoms with Crippen molar-refractivity contribution >= 4 is 65.4 Å². The van der Waals surface area contributed by atoms with Crippen molar-refractivity contribution in [3.63, 3.8) is 0 Å². The normalized spacial score (nSPS) is 11.8. The quantitative estimate of drug-likeness (QED) is 0.159. The standard InChI is InChI=1S/C60H39N3/c1-3-16-40(17-4-1)43-30-32-59-53(38-43)51-24-9-13-28-57(51)61(59)46-21-15-20-42(35-46)45-34-44(41-18-5-2-6-19-41)36-48(37-45)63-58-29-14-10-25-52(58)54-39-47(31-33-60(54)63)62-55-26-11-7-22-49(55)50-23-8-12-27-56(50)62/h1-39H. The Hall–Kier alpha value is -8.40. The second kappa shape index (κ2) is 14.1. The molecule has 0 aliphatic carbocycles. The maximum atomic E-state index is 2.46. The van der Waals surface area contributed by atoms with E-state index in [0.29, 0.717) is 0 Å². The zero-order valence-electron chi connectivity index (χ0n) is 34.4. The Kier molecular flexibility index (Phi) is 7.91. The van der Waals surface area contributed by atoms with Crippen LogP contribution in [0.25, 0.3) is 116 Å². The third-order valence-electron chi connectivity index (χ3n) is 13.0. The van der Waals surface area contributed by atoms with Crippen LogP contribution in [-0.4, -0.2) is 13.7 Å². The van der Waals surface area contributed by atoms with Crippen molar-refractivity contribution in [1.82, 2.24) is 13.7 Å². The number of para-hydroxylation sites is 4. The van der Waals surface area contributed by atoms with Crippen molar-refractivity contribution in [3.05, 3.63) is 237 Å². The van der Waals surface area contributed by atoms with Crippen LogP contribution in [0, 0.1) is 0 Å². The molecule has 3 heteroatoms. The van der Waals surface area contributed by atoms with E-state index in [4.69, 9.17) is 0 Å². The number of benzene rings is 10. The van der Waals surface area contributed by atoms with Crippen LogP contribution in [0.5, 0.6) is 0 Å². The van der Waals surface area contributed by atoms with Crippen molar-refractivity contribution in [3.8, 4) is 50.4 Å². The lowest BCUT2D eigenvalue weighted by molar-refractivity contribution is 1.16. The Bertz CT molecular complexity index is 3850. The first-order valence-electron chi connectivity index (χ1n) is 21.7. The van der Waals surface area contributed by atoms with Gasteiger partial charge in [0, 0.05) is 49.4 Å². The molecular formula is C60H39N3. The molecule has 0 amide bonds. The first kappa shape index (κ1) is 35.4. The van der Waals surface area contributed by atoms with Crippen molar-refractivity contribution in [2.45, 2.75) is 0 Å². The minimum Gasteiger partial charge on any atom is -0.309 e. The third-order valence-corrected chi connectivity index (χ3v) is 13.0. The van der Waals surface area contributed by atoms with Crippen LogP contribution in [-0.2, 0) is 0 Å². The predicted molar refractivity (Wildman–Crippen MR) is 266 cm³/mol. The van der Waals surface area contributed by atoms with E-state index in [9.17, 15) is 0 Å². The average molecular weight is 802 g/mol. The summed E-state index contributed by atoms with van der Waals surface area (Å²) in [5.74, 6) is 0. The summed E-state index contributed by atoms with van der Waals surface area (Å²) >= 11 is 0. The van der Waals surface area contributed by atoms with Crippen molar-refractivity contribution < 1.29 is 0 Å². The number of nitrogens with zero attached hydrogens (tertiary/aromatic N) is 3. The first-order valence-corrected chi connectivity index (χ1v) is 21.7. The molecule has 0 unspecified atom stereocenters. The summed E-state index contributed by atoms with van der Waals surface area (Å²) in [5, 5.41) is 7.47. The van der Waals surface area contributed by atoms with Crippen LogP contribution in [0.3, 0.4) is 0 Å². The van der Waals surface area contributed by atoms with Crippen LogP contribution in [0.15, 0.2) is 237 Å². The van der Waals surface area contributed by atoms with E-state index in [-0.39, 0.29) is 0 Å². The first-order chi connectivity index (χ1) is 31.2. The van der Waals surface area contributed by atoms with Gasteiger partial charge in [-0.1, -0.05) is 152 Å². The van der Waals surface area contributed by atoms with E-state index in [1.54, 1.807) is 0 Å². The van der Waals surface area contributed by atoms with E-state index in [2.05, 4.69) is 250 Å². The van der Waals surface area contributed by atoms with Gasteiger partial charge in [0.05, 0.1) is 33.1 Å². The molecule has 3 aromatic heterocycles. The Morgan fingerprint density at radius 1 is 0.175 bits per heavy atom. The summed E-state index contributed by atoms with van der Waals surface area (Å²) in [5.41, 5.74) is 17.7. The van der Waals surface area contributed by atoms with Crippen molar-refractivity contribution in [2.24, 2.45) is 0 Å². The lowest BCUT2D eigenvalue weighted by atomic mass is 9.97. The molecule has 10 aromatic carbocycles. The van der Waals surface area contributed by atoms with Gasteiger partial charge in [-0.05, 0) is 118 Å². The van der Waals surface area contributed by atoms with Gasteiger partial charge in [0.15, 0.2) is 0 Å². The fourth-order valence-electron chi connectivity index (χ4n) is 10.2. The maximum Gasteiger partial charge on any atom is 0.0542 e. The van der Waals surface area contributed by atoms with Crippen molar-refractivity contribution in [2.75, 3.05) is 0 Å². The average Bonchev–Trinajstić information content (AvgIpc) is 4.00. The monoisotopic (exact) mass is 801 g/mol. The second-order valence-corrected chi connectivity index (χ2v) is 16.6. The van der Waals surface area contributed by atoms with Crippen LogP contribution in [0.2, 0.25) is 0 Å². The van der Waals surface area contributed by atoms with Gasteiger partial charge >= 0.3 is 0 Å². The highest BCUT2D eigenvalue weighted by atomic mass is 15.0. The van der Waals surface area contributed by atoms with E-state index in [0.717, 1.165) is 28.2 Å². The van der Waals surface area contributed by atoms with Gasteiger partial charge in [0.25, 0.3) is 0 Å². The molecule has 294 valence electrons. The molecule has 3 heterocycles. The third kappa shape index (κ3) is 5.60. The molecule has 0 aliphatic heterocycles. The molecule has 0 saturated heterocycles. The Balaban J connectivity index is 1.00. The zero-order valence-corrected chi connectivity index (χ0v) is 34.4. The summed E-state index contributed by atoms with van der Waals surface area (Å²) in [6.07, 6.45) is 0. The largest absolute Gasteiger partial charge is 0.309 e. The van der Waals surface area contributed by atoms with Gasteiger partial charge in [-0.25, -0.2) is 0 Å². The zero-order chi connectivity index (χ0) is 41.4. The molecule has 0 N–H and O–H groups in total. The summed E-state index contributed by atoms with van der Waals surface area (Å²) in [6, 6.07) is 86.6. The summed E-state index contributed by atoms with van der Waals surface area (Å²) in [4.78, 5) is 0. The number of rotatable bonds is 6. The second-order valence-electron chi connectivity index (χ2n) is 16.6. The molecule has 0 aliphatic rings. The van der Waals surface area contributed by atoms with E-state index >= 15 is 0 Å². The molecule has 0 bridgehead atoms. The van der Waals surface area contributed by atoms with Gasteiger partial charge < -0.3 is 13.7 Å². The highest BCUT2D eigenvalue weighted by molar-refractivity contribution is 6.13. The summed E-state index contributed by atoms with van der Waals surface area (Å²) < 4.78 is 7.29. The van der Waals surface area contributed by atoms with E-state index in [1.807, 2.05) is 0 Å². The van der Waals surface area contributed by atoms with Gasteiger partial charge in [-0.15, -0.1) is 0 Å². The lowest BCUT2D eigenvalue weighted by Crippen LogP contribution is -1.98. The molecule has 0 spiro atoms. The highest BCUT2D eigenvalue weighted by Gasteiger charge is 2.19. The fraction of sp³-hybridized carbons (Fsp3) is 0. The van der Waals surface area contributed by atoms with Gasteiger partial charge in [0.2, 0.25) is 0 Å². The van der Waals surface area contributed by atoms with Crippen molar-refractivity contribution in [1.29, 1.82) is 0 Å². The van der Waals surface area contributed by atoms with Gasteiger partial charge in [-0.2, -0.15) is 0 Å². The Labute approximate surface area is 364 Å². The minimum absolute atomic E-state index is 1.12. The molecule has 63 heavy (non-hydrogen) atoms. The van der Waals surface area contributed by atoms with Gasteiger partial charge in [-0.3, -0.25) is 0 Å². The molecule has 13 rings (SSSR count). The lowest BCUT2D eigenvalue weighted by Gasteiger charge is -2.15. The van der Waals surface area contributed by atoms with E-state index < -0.39 is 0 Å². The number of hydrogen-bond donors (Lipinski definition) is 0. The molecule has 0 fully saturated rings. The van der Waals surface area contributed by atoms with Crippen LogP contribution >= 0.6 is 0 Å². The van der Waals surface area contributed by atoms with Gasteiger partial charge in [0.1, 0.15) is 0 Å². The van der Waals surface area contributed by atoms with Crippen LogP contribution in [0.1, 0.15) is 0 Å². The Morgan fingerprint density at radius 3 is 1.11 bits per heavy atom. The number of fused-ring (bicyclic) bond motifs is 9.